The van der Waals surface area contributed by atoms with Crippen LogP contribution in [-0.2, 0) is 21.7 Å². The first-order valence-corrected chi connectivity index (χ1v) is 7.62. The monoisotopic (exact) mass is 368 g/mol. The van der Waals surface area contributed by atoms with E-state index in [0.717, 1.165) is 9.15 Å². The van der Waals surface area contributed by atoms with Crippen LogP contribution in [0.15, 0.2) is 27.5 Å². The van der Waals surface area contributed by atoms with Gasteiger partial charge in [-0.15, -0.1) is 0 Å². The van der Waals surface area contributed by atoms with Gasteiger partial charge < -0.3 is 9.84 Å². The van der Waals surface area contributed by atoms with Gasteiger partial charge in [0, 0.05) is 16.5 Å². The molecule has 0 aliphatic heterocycles. The summed E-state index contributed by atoms with van der Waals surface area (Å²) in [5.41, 5.74) is -0.644. The van der Waals surface area contributed by atoms with Crippen LogP contribution < -0.4 is 5.56 Å². The maximum Gasteiger partial charge on any atom is 0.325 e. The molecule has 0 saturated heterocycles. The molecule has 1 aromatic carbocycles. The Balaban J connectivity index is 2.82. The number of hydrogen-bond acceptors (Lipinski definition) is 4. The van der Waals surface area contributed by atoms with Gasteiger partial charge in [0.25, 0.3) is 5.56 Å². The molecule has 1 aromatic heterocycles. The Labute approximate surface area is 135 Å². The molecule has 0 saturated carbocycles. The fourth-order valence-corrected chi connectivity index (χ4v) is 2.73. The molecule has 0 aliphatic rings. The minimum Gasteiger partial charge on any atom is -0.480 e. The van der Waals surface area contributed by atoms with Crippen LogP contribution in [-0.4, -0.2) is 27.5 Å². The average molecular weight is 369 g/mol. The number of aromatic nitrogens is 2. The molecule has 22 heavy (non-hydrogen) atoms. The topological polar surface area (TPSA) is 81.4 Å². The van der Waals surface area contributed by atoms with E-state index >= 15 is 0 Å². The highest BCUT2D eigenvalue weighted by atomic mass is 79.9. The number of carboxylic acid groups (broad SMARTS) is 1. The molecule has 118 valence electrons. The molecule has 1 N–H and O–H groups in total. The van der Waals surface area contributed by atoms with Gasteiger partial charge in [0.2, 0.25) is 0 Å². The molecular weight excluding hydrogens is 352 g/mol. The first-order valence-electron chi connectivity index (χ1n) is 6.83. The van der Waals surface area contributed by atoms with Crippen LogP contribution in [0.4, 0.5) is 0 Å². The average Bonchev–Trinajstić information content (AvgIpc) is 2.41. The van der Waals surface area contributed by atoms with Crippen molar-refractivity contribution in [3.8, 4) is 0 Å². The molecule has 2 rings (SSSR count). The van der Waals surface area contributed by atoms with Crippen molar-refractivity contribution in [1.82, 2.24) is 9.78 Å². The summed E-state index contributed by atoms with van der Waals surface area (Å²) in [6, 6.07) is 5.20. The van der Waals surface area contributed by atoms with Crippen LogP contribution in [0.2, 0.25) is 0 Å². The Kier molecular flexibility index (Phi) is 4.67. The third-order valence-electron chi connectivity index (χ3n) is 3.28. The Morgan fingerprint density at radius 2 is 2.09 bits per heavy atom. The molecule has 7 heteroatoms. The molecule has 1 heterocycles. The zero-order valence-electron chi connectivity index (χ0n) is 12.6. The van der Waals surface area contributed by atoms with Crippen molar-refractivity contribution in [1.29, 1.82) is 0 Å². The lowest BCUT2D eigenvalue weighted by Crippen LogP contribution is -2.32. The van der Waals surface area contributed by atoms with Gasteiger partial charge in [-0.1, -0.05) is 15.9 Å². The highest BCUT2D eigenvalue weighted by Crippen LogP contribution is 2.29. The molecule has 2 aromatic rings. The maximum atomic E-state index is 12.4. The summed E-state index contributed by atoms with van der Waals surface area (Å²) in [6.07, 6.45) is 0. The van der Waals surface area contributed by atoms with Gasteiger partial charge in [-0.25, -0.2) is 4.68 Å². The van der Waals surface area contributed by atoms with Crippen molar-refractivity contribution in [3.05, 3.63) is 38.7 Å². The summed E-state index contributed by atoms with van der Waals surface area (Å²) in [7, 11) is 0. The smallest absolute Gasteiger partial charge is 0.325 e. The van der Waals surface area contributed by atoms with E-state index in [0.29, 0.717) is 23.1 Å². The lowest BCUT2D eigenvalue weighted by Gasteiger charge is -2.26. The van der Waals surface area contributed by atoms with Gasteiger partial charge in [-0.3, -0.25) is 9.59 Å². The number of benzene rings is 1. The zero-order valence-corrected chi connectivity index (χ0v) is 14.2. The number of carboxylic acids is 1. The number of hydrogen-bond donors (Lipinski definition) is 1. The molecule has 6 nitrogen and oxygen atoms in total. The van der Waals surface area contributed by atoms with Gasteiger partial charge in [0.05, 0.1) is 5.39 Å². The second-order valence-electron chi connectivity index (χ2n) is 5.34. The van der Waals surface area contributed by atoms with Crippen LogP contribution in [0.5, 0.6) is 0 Å². The van der Waals surface area contributed by atoms with E-state index in [1.807, 2.05) is 20.8 Å². The van der Waals surface area contributed by atoms with Crippen LogP contribution in [0.1, 0.15) is 26.5 Å². The zero-order chi connectivity index (χ0) is 16.5. The molecule has 0 aliphatic carbocycles. The molecule has 0 radical (unpaired) electrons. The Bertz CT molecular complexity index is 783. The summed E-state index contributed by atoms with van der Waals surface area (Å²) in [6.45, 7) is 5.54. The predicted octanol–water partition coefficient (Wildman–Crippen LogP) is 2.52. The Hall–Kier alpha value is -1.73. The van der Waals surface area contributed by atoms with Gasteiger partial charge in [0.15, 0.2) is 0 Å². The van der Waals surface area contributed by atoms with E-state index < -0.39 is 23.7 Å². The second-order valence-corrected chi connectivity index (χ2v) is 6.25. The fraction of sp³-hybridized carbons (Fsp3) is 0.400. The number of fused-ring (bicyclic) bond motifs is 1. The Morgan fingerprint density at radius 1 is 1.41 bits per heavy atom. The van der Waals surface area contributed by atoms with Crippen molar-refractivity contribution in [2.75, 3.05) is 6.61 Å². The summed E-state index contributed by atoms with van der Waals surface area (Å²) >= 11 is 3.38. The highest BCUT2D eigenvalue weighted by molar-refractivity contribution is 9.10. The van der Waals surface area contributed by atoms with E-state index in [1.165, 1.54) is 0 Å². The molecule has 0 spiro atoms. The van der Waals surface area contributed by atoms with E-state index in [1.54, 1.807) is 18.2 Å². The molecule has 0 atom stereocenters. The van der Waals surface area contributed by atoms with Crippen LogP contribution in [0.3, 0.4) is 0 Å². The normalized spacial score (nSPS) is 11.8. The van der Waals surface area contributed by atoms with Gasteiger partial charge in [-0.05, 0) is 39.0 Å². The molecular formula is C15H17BrN2O4. The maximum absolute atomic E-state index is 12.4. The summed E-state index contributed by atoms with van der Waals surface area (Å²) < 4.78 is 7.50. The van der Waals surface area contributed by atoms with Crippen molar-refractivity contribution in [3.63, 3.8) is 0 Å². The number of nitrogens with zero attached hydrogens (tertiary/aromatic N) is 2. The summed E-state index contributed by atoms with van der Waals surface area (Å²) in [4.78, 5) is 23.4. The number of ether oxygens (including phenoxy) is 1. The van der Waals surface area contributed by atoms with Crippen LogP contribution in [0.25, 0.3) is 10.8 Å². The van der Waals surface area contributed by atoms with Gasteiger partial charge in [0.1, 0.15) is 17.8 Å². The van der Waals surface area contributed by atoms with Crippen molar-refractivity contribution in [2.45, 2.75) is 32.9 Å². The Morgan fingerprint density at radius 3 is 2.68 bits per heavy atom. The largest absolute Gasteiger partial charge is 0.480 e. The second kappa shape index (κ2) is 6.18. The predicted molar refractivity (Wildman–Crippen MR) is 86.0 cm³/mol. The van der Waals surface area contributed by atoms with E-state index in [2.05, 4.69) is 21.0 Å². The first kappa shape index (κ1) is 16.6. The van der Waals surface area contributed by atoms with Gasteiger partial charge >= 0.3 is 5.97 Å². The van der Waals surface area contributed by atoms with Crippen molar-refractivity contribution in [2.24, 2.45) is 0 Å². The molecule has 0 bridgehead atoms. The van der Waals surface area contributed by atoms with E-state index in [9.17, 15) is 9.59 Å². The third-order valence-corrected chi connectivity index (χ3v) is 3.78. The van der Waals surface area contributed by atoms with E-state index in [-0.39, 0.29) is 0 Å². The quantitative estimate of drug-likeness (QED) is 0.876. The number of rotatable bonds is 5. The fourth-order valence-electron chi connectivity index (χ4n) is 2.37. The minimum absolute atomic E-state index is 0.419. The lowest BCUT2D eigenvalue weighted by atomic mass is 9.99. The number of aliphatic carboxylic acids is 1. The summed E-state index contributed by atoms with van der Waals surface area (Å²) in [5, 5.41) is 14.3. The van der Waals surface area contributed by atoms with Crippen molar-refractivity contribution >= 4 is 32.7 Å². The van der Waals surface area contributed by atoms with Crippen LogP contribution in [0, 0.1) is 0 Å². The molecule has 0 unspecified atom stereocenters. The third kappa shape index (κ3) is 3.20. The minimum atomic E-state index is -1.12. The van der Waals surface area contributed by atoms with Crippen molar-refractivity contribution < 1.29 is 14.6 Å². The molecule has 0 amide bonds. The van der Waals surface area contributed by atoms with E-state index in [4.69, 9.17) is 9.84 Å². The van der Waals surface area contributed by atoms with Crippen LogP contribution >= 0.6 is 15.9 Å². The number of halogens is 1. The SMILES string of the molecule is CCOC(C)(C)c1nn(CC(=O)O)c(=O)c2ccc(Br)cc12. The highest BCUT2D eigenvalue weighted by Gasteiger charge is 2.27. The lowest BCUT2D eigenvalue weighted by molar-refractivity contribution is -0.138. The molecule has 0 fully saturated rings. The van der Waals surface area contributed by atoms with Gasteiger partial charge in [-0.2, -0.15) is 5.10 Å². The number of carbonyl (C=O) groups is 1. The standard InChI is InChI=1S/C15H17BrN2O4/c1-4-22-15(2,3)13-11-7-9(16)5-6-10(11)14(21)18(17-13)8-12(19)20/h5-7H,4,8H2,1-3H3,(H,19,20). The first-order chi connectivity index (χ1) is 10.3. The summed E-state index contributed by atoms with van der Waals surface area (Å²) in [5.74, 6) is -1.12.